The van der Waals surface area contributed by atoms with Crippen molar-refractivity contribution < 1.29 is 9.47 Å². The predicted molar refractivity (Wildman–Crippen MR) is 116 cm³/mol. The molecule has 138 valence electrons. The first-order chi connectivity index (χ1) is 13.8. The summed E-state index contributed by atoms with van der Waals surface area (Å²) in [6, 6.07) is 33.3. The molecular formula is C26H22O2. The standard InChI is InChI=1S/C26H22O2/c1-27-25-15-13-21(17-23(25)19-9-5-3-6-10-19)22-14-16-26(28-2)24(18-22)20-11-7-4-8-12-20/h3-18H,1-2H3. The second-order valence-electron chi connectivity index (χ2n) is 6.56. The Hall–Kier alpha value is -3.52. The zero-order valence-electron chi connectivity index (χ0n) is 16.1. The lowest BCUT2D eigenvalue weighted by Crippen LogP contribution is -1.91. The zero-order valence-corrected chi connectivity index (χ0v) is 16.1. The molecular weight excluding hydrogens is 344 g/mol. The van der Waals surface area contributed by atoms with Crippen molar-refractivity contribution in [1.29, 1.82) is 0 Å². The van der Waals surface area contributed by atoms with Gasteiger partial charge >= 0.3 is 0 Å². The summed E-state index contributed by atoms with van der Waals surface area (Å²) in [7, 11) is 3.42. The van der Waals surface area contributed by atoms with Gasteiger partial charge in [-0.1, -0.05) is 72.8 Å². The highest BCUT2D eigenvalue weighted by Crippen LogP contribution is 2.37. The van der Waals surface area contributed by atoms with Crippen molar-refractivity contribution in [1.82, 2.24) is 0 Å². The van der Waals surface area contributed by atoms with Crippen LogP contribution in [0, 0.1) is 0 Å². The fourth-order valence-corrected chi connectivity index (χ4v) is 3.46. The van der Waals surface area contributed by atoms with Gasteiger partial charge in [0.05, 0.1) is 14.2 Å². The van der Waals surface area contributed by atoms with Gasteiger partial charge in [-0.25, -0.2) is 0 Å². The minimum atomic E-state index is 0.867. The third-order valence-electron chi connectivity index (χ3n) is 4.90. The Balaban J connectivity index is 1.84. The summed E-state index contributed by atoms with van der Waals surface area (Å²) in [4.78, 5) is 0. The Bertz CT molecular complexity index is 981. The Morgan fingerprint density at radius 1 is 0.429 bits per heavy atom. The van der Waals surface area contributed by atoms with Gasteiger partial charge in [0.2, 0.25) is 0 Å². The quantitative estimate of drug-likeness (QED) is 0.391. The van der Waals surface area contributed by atoms with Gasteiger partial charge in [0.25, 0.3) is 0 Å². The molecule has 0 fully saturated rings. The van der Waals surface area contributed by atoms with E-state index in [-0.39, 0.29) is 0 Å². The summed E-state index contributed by atoms with van der Waals surface area (Å²) in [6.07, 6.45) is 0. The molecule has 0 amide bonds. The van der Waals surface area contributed by atoms with E-state index in [4.69, 9.17) is 9.47 Å². The molecule has 0 radical (unpaired) electrons. The van der Waals surface area contributed by atoms with E-state index in [0.29, 0.717) is 0 Å². The highest BCUT2D eigenvalue weighted by Gasteiger charge is 2.11. The van der Waals surface area contributed by atoms with Gasteiger partial charge in [0.15, 0.2) is 0 Å². The number of hydrogen-bond acceptors (Lipinski definition) is 2. The van der Waals surface area contributed by atoms with E-state index in [1.807, 2.05) is 48.5 Å². The maximum atomic E-state index is 5.60. The Labute approximate surface area is 166 Å². The van der Waals surface area contributed by atoms with Crippen molar-refractivity contribution in [3.8, 4) is 44.9 Å². The van der Waals surface area contributed by atoms with Crippen LogP contribution in [0.5, 0.6) is 11.5 Å². The number of benzene rings is 4. The van der Waals surface area contributed by atoms with E-state index in [1.54, 1.807) is 14.2 Å². The molecule has 4 aromatic carbocycles. The van der Waals surface area contributed by atoms with Crippen LogP contribution in [-0.2, 0) is 0 Å². The maximum Gasteiger partial charge on any atom is 0.126 e. The fourth-order valence-electron chi connectivity index (χ4n) is 3.46. The largest absolute Gasteiger partial charge is 0.496 e. The predicted octanol–water partition coefficient (Wildman–Crippen LogP) is 6.70. The van der Waals surface area contributed by atoms with Crippen LogP contribution in [0.1, 0.15) is 0 Å². The van der Waals surface area contributed by atoms with Crippen molar-refractivity contribution in [2.75, 3.05) is 14.2 Å². The molecule has 0 saturated carbocycles. The van der Waals surface area contributed by atoms with Gasteiger partial charge in [-0.05, 0) is 46.5 Å². The lowest BCUT2D eigenvalue weighted by Gasteiger charge is -2.14. The summed E-state index contributed by atoms with van der Waals surface area (Å²) < 4.78 is 11.2. The van der Waals surface area contributed by atoms with Gasteiger partial charge in [-0.2, -0.15) is 0 Å². The summed E-state index contributed by atoms with van der Waals surface area (Å²) >= 11 is 0. The van der Waals surface area contributed by atoms with Crippen LogP contribution < -0.4 is 9.47 Å². The molecule has 0 unspecified atom stereocenters. The van der Waals surface area contributed by atoms with E-state index >= 15 is 0 Å². The van der Waals surface area contributed by atoms with E-state index < -0.39 is 0 Å². The fraction of sp³-hybridized carbons (Fsp3) is 0.0769. The Morgan fingerprint density at radius 3 is 1.18 bits per heavy atom. The monoisotopic (exact) mass is 366 g/mol. The van der Waals surface area contributed by atoms with Crippen LogP contribution in [0.2, 0.25) is 0 Å². The molecule has 2 nitrogen and oxygen atoms in total. The molecule has 0 saturated heterocycles. The number of methoxy groups -OCH3 is 2. The second-order valence-corrected chi connectivity index (χ2v) is 6.56. The van der Waals surface area contributed by atoms with Gasteiger partial charge in [-0.3, -0.25) is 0 Å². The average molecular weight is 366 g/mol. The van der Waals surface area contributed by atoms with E-state index in [1.165, 1.54) is 0 Å². The number of hydrogen-bond donors (Lipinski definition) is 0. The van der Waals surface area contributed by atoms with E-state index in [9.17, 15) is 0 Å². The second kappa shape index (κ2) is 8.01. The third-order valence-corrected chi connectivity index (χ3v) is 4.90. The molecule has 0 aliphatic rings. The molecule has 0 aliphatic heterocycles. The van der Waals surface area contributed by atoms with Gasteiger partial charge in [0.1, 0.15) is 11.5 Å². The summed E-state index contributed by atoms with van der Waals surface area (Å²) in [5.74, 6) is 1.73. The molecule has 0 aromatic heterocycles. The summed E-state index contributed by atoms with van der Waals surface area (Å²) in [6.45, 7) is 0. The Kier molecular flexibility index (Phi) is 5.11. The zero-order chi connectivity index (χ0) is 19.3. The SMILES string of the molecule is COc1ccc(-c2ccc(OC)c(-c3ccccc3)c2)cc1-c1ccccc1. The van der Waals surface area contributed by atoms with Gasteiger partial charge < -0.3 is 9.47 Å². The van der Waals surface area contributed by atoms with Crippen LogP contribution in [-0.4, -0.2) is 14.2 Å². The van der Waals surface area contributed by atoms with Crippen LogP contribution >= 0.6 is 0 Å². The molecule has 0 N–H and O–H groups in total. The minimum absolute atomic E-state index is 0.867. The van der Waals surface area contributed by atoms with Crippen molar-refractivity contribution in [2.24, 2.45) is 0 Å². The molecule has 0 heterocycles. The van der Waals surface area contributed by atoms with Gasteiger partial charge in [0, 0.05) is 11.1 Å². The van der Waals surface area contributed by atoms with Crippen molar-refractivity contribution in [2.45, 2.75) is 0 Å². The first-order valence-corrected chi connectivity index (χ1v) is 9.27. The highest BCUT2D eigenvalue weighted by atomic mass is 16.5. The van der Waals surface area contributed by atoms with Crippen molar-refractivity contribution in [3.63, 3.8) is 0 Å². The first-order valence-electron chi connectivity index (χ1n) is 9.27. The minimum Gasteiger partial charge on any atom is -0.496 e. The maximum absolute atomic E-state index is 5.60. The third kappa shape index (κ3) is 3.49. The van der Waals surface area contributed by atoms with Crippen LogP contribution in [0.3, 0.4) is 0 Å². The smallest absolute Gasteiger partial charge is 0.126 e. The molecule has 0 atom stereocenters. The summed E-state index contributed by atoms with van der Waals surface area (Å²) in [5.41, 5.74) is 6.71. The van der Waals surface area contributed by atoms with Crippen LogP contribution in [0.15, 0.2) is 97.1 Å². The molecule has 0 aliphatic carbocycles. The molecule has 0 spiro atoms. The lowest BCUT2D eigenvalue weighted by molar-refractivity contribution is 0.416. The van der Waals surface area contributed by atoms with Crippen LogP contribution in [0.4, 0.5) is 0 Å². The number of ether oxygens (including phenoxy) is 2. The van der Waals surface area contributed by atoms with E-state index in [0.717, 1.165) is 44.9 Å². The molecule has 2 heteroatoms. The highest BCUT2D eigenvalue weighted by molar-refractivity contribution is 5.81. The number of rotatable bonds is 5. The average Bonchev–Trinajstić information content (AvgIpc) is 2.79. The van der Waals surface area contributed by atoms with Crippen molar-refractivity contribution in [3.05, 3.63) is 97.1 Å². The summed E-state index contributed by atoms with van der Waals surface area (Å²) in [5, 5.41) is 0. The first kappa shape index (κ1) is 17.9. The normalized spacial score (nSPS) is 10.5. The van der Waals surface area contributed by atoms with Crippen molar-refractivity contribution >= 4 is 0 Å². The molecule has 4 rings (SSSR count). The molecule has 4 aromatic rings. The van der Waals surface area contributed by atoms with E-state index in [2.05, 4.69) is 48.5 Å². The molecule has 0 bridgehead atoms. The lowest BCUT2D eigenvalue weighted by atomic mass is 9.95. The van der Waals surface area contributed by atoms with Crippen LogP contribution in [0.25, 0.3) is 33.4 Å². The topological polar surface area (TPSA) is 18.5 Å². The Morgan fingerprint density at radius 2 is 0.821 bits per heavy atom. The van der Waals surface area contributed by atoms with Gasteiger partial charge in [-0.15, -0.1) is 0 Å². The molecule has 28 heavy (non-hydrogen) atoms.